The van der Waals surface area contributed by atoms with Crippen molar-refractivity contribution in [3.63, 3.8) is 0 Å². The van der Waals surface area contributed by atoms with Crippen LogP contribution >= 0.6 is 43.5 Å². The van der Waals surface area contributed by atoms with E-state index in [1.54, 1.807) is 7.11 Å². The number of carbonyl (C=O) groups excluding carboxylic acids is 1. The van der Waals surface area contributed by atoms with Crippen LogP contribution in [0, 0.1) is 0 Å². The molecule has 0 saturated carbocycles. The van der Waals surface area contributed by atoms with Crippen molar-refractivity contribution in [3.05, 3.63) is 26.6 Å². The molecule has 1 aromatic carbocycles. The lowest BCUT2D eigenvalue weighted by Crippen LogP contribution is -1.95. The highest BCUT2D eigenvalue weighted by Crippen LogP contribution is 2.34. The summed E-state index contributed by atoms with van der Waals surface area (Å²) in [5, 5.41) is -0.381. The van der Waals surface area contributed by atoms with Crippen molar-refractivity contribution in [2.75, 3.05) is 7.11 Å². The first kappa shape index (κ1) is 12.0. The van der Waals surface area contributed by atoms with Gasteiger partial charge in [0.2, 0.25) is 5.24 Å². The van der Waals surface area contributed by atoms with Crippen LogP contribution in [0.2, 0.25) is 0 Å². The summed E-state index contributed by atoms with van der Waals surface area (Å²) in [7, 11) is 1.58. The summed E-state index contributed by atoms with van der Waals surface area (Å²) in [6.45, 7) is 0. The zero-order valence-electron chi connectivity index (χ0n) is 7.31. The lowest BCUT2D eigenvalue weighted by molar-refractivity contribution is -0.111. The normalized spacial score (nSPS) is 10.0. The van der Waals surface area contributed by atoms with Crippen molar-refractivity contribution >= 4 is 48.7 Å². The molecule has 0 aliphatic heterocycles. The van der Waals surface area contributed by atoms with Gasteiger partial charge in [0, 0.05) is 6.42 Å². The highest BCUT2D eigenvalue weighted by molar-refractivity contribution is 9.11. The van der Waals surface area contributed by atoms with Crippen molar-refractivity contribution in [2.24, 2.45) is 0 Å². The fourth-order valence-electron chi connectivity index (χ4n) is 1.07. The Morgan fingerprint density at radius 3 is 2.29 bits per heavy atom. The van der Waals surface area contributed by atoms with Gasteiger partial charge in [0.05, 0.1) is 16.1 Å². The molecule has 0 unspecified atom stereocenters. The van der Waals surface area contributed by atoms with Gasteiger partial charge in [-0.3, -0.25) is 4.79 Å². The summed E-state index contributed by atoms with van der Waals surface area (Å²) in [5.74, 6) is 0.704. The molecule has 14 heavy (non-hydrogen) atoms. The molecule has 0 saturated heterocycles. The molecule has 0 amide bonds. The maximum atomic E-state index is 10.7. The number of rotatable bonds is 3. The first-order chi connectivity index (χ1) is 6.54. The largest absolute Gasteiger partial charge is 0.494 e. The van der Waals surface area contributed by atoms with Gasteiger partial charge in [-0.15, -0.1) is 0 Å². The molecule has 5 heteroatoms. The van der Waals surface area contributed by atoms with Gasteiger partial charge >= 0.3 is 0 Å². The van der Waals surface area contributed by atoms with E-state index in [2.05, 4.69) is 31.9 Å². The predicted octanol–water partition coefficient (Wildman–Crippen LogP) is 3.53. The van der Waals surface area contributed by atoms with E-state index in [1.165, 1.54) is 0 Å². The summed E-state index contributed by atoms with van der Waals surface area (Å²) in [5.41, 5.74) is 0.838. The maximum absolute atomic E-state index is 10.7. The molecule has 0 aliphatic rings. The van der Waals surface area contributed by atoms with Crippen LogP contribution in [0.25, 0.3) is 0 Å². The Morgan fingerprint density at radius 1 is 1.43 bits per heavy atom. The summed E-state index contributed by atoms with van der Waals surface area (Å²) in [4.78, 5) is 10.7. The number of hydrogen-bond donors (Lipinski definition) is 0. The van der Waals surface area contributed by atoms with Crippen LogP contribution in [0.15, 0.2) is 21.1 Å². The Morgan fingerprint density at radius 2 is 1.93 bits per heavy atom. The van der Waals surface area contributed by atoms with Crippen LogP contribution in [0.1, 0.15) is 5.56 Å². The third-order valence-corrected chi connectivity index (χ3v) is 2.92. The van der Waals surface area contributed by atoms with Gasteiger partial charge in [0.25, 0.3) is 0 Å². The highest BCUT2D eigenvalue weighted by Gasteiger charge is 2.09. The van der Waals surface area contributed by atoms with E-state index < -0.39 is 0 Å². The Balaban J connectivity index is 3.07. The maximum Gasteiger partial charge on any atom is 0.226 e. The second-order valence-corrected chi connectivity index (χ2v) is 4.75. The Hall–Kier alpha value is -0.0600. The summed E-state index contributed by atoms with van der Waals surface area (Å²) < 4.78 is 6.71. The van der Waals surface area contributed by atoms with Crippen molar-refractivity contribution in [2.45, 2.75) is 6.42 Å². The van der Waals surface area contributed by atoms with Crippen LogP contribution in [-0.2, 0) is 11.2 Å². The fraction of sp³-hybridized carbons (Fsp3) is 0.222. The average Bonchev–Trinajstić information content (AvgIpc) is 2.01. The second-order valence-electron chi connectivity index (χ2n) is 2.62. The molecule has 1 rings (SSSR count). The second kappa shape index (κ2) is 5.14. The molecule has 2 nitrogen and oxygen atoms in total. The number of benzene rings is 1. The first-order valence-electron chi connectivity index (χ1n) is 3.75. The Bertz CT molecular complexity index is 343. The molecule has 0 radical (unpaired) electrons. The summed E-state index contributed by atoms with van der Waals surface area (Å²) >= 11 is 12.0. The van der Waals surface area contributed by atoms with E-state index in [4.69, 9.17) is 16.3 Å². The van der Waals surface area contributed by atoms with E-state index in [-0.39, 0.29) is 11.7 Å². The fourth-order valence-corrected chi connectivity index (χ4v) is 2.83. The van der Waals surface area contributed by atoms with E-state index in [0.717, 1.165) is 14.5 Å². The summed E-state index contributed by atoms with van der Waals surface area (Å²) in [6.07, 6.45) is 0.211. The number of hydrogen-bond acceptors (Lipinski definition) is 2. The van der Waals surface area contributed by atoms with Gasteiger partial charge < -0.3 is 4.74 Å². The minimum absolute atomic E-state index is 0.211. The van der Waals surface area contributed by atoms with Crippen molar-refractivity contribution in [3.8, 4) is 5.75 Å². The van der Waals surface area contributed by atoms with Crippen LogP contribution < -0.4 is 4.74 Å². The zero-order chi connectivity index (χ0) is 10.7. The number of methoxy groups -OCH3 is 1. The topological polar surface area (TPSA) is 26.3 Å². The van der Waals surface area contributed by atoms with Crippen LogP contribution in [0.3, 0.4) is 0 Å². The van der Waals surface area contributed by atoms with E-state index in [1.807, 2.05) is 12.1 Å². The standard InChI is InChI=1S/C9H7Br2ClO2/c1-14-9-6(10)2-5(3-7(9)11)4-8(12)13/h2-3H,4H2,1H3. The molecular formula is C9H7Br2ClO2. The monoisotopic (exact) mass is 340 g/mol. The minimum atomic E-state index is -0.381. The van der Waals surface area contributed by atoms with Gasteiger partial charge in [-0.1, -0.05) is 0 Å². The van der Waals surface area contributed by atoms with E-state index in [0.29, 0.717) is 5.75 Å². The van der Waals surface area contributed by atoms with Crippen molar-refractivity contribution in [1.82, 2.24) is 0 Å². The molecule has 0 heterocycles. The molecule has 0 atom stereocenters. The van der Waals surface area contributed by atoms with E-state index >= 15 is 0 Å². The highest BCUT2D eigenvalue weighted by atomic mass is 79.9. The van der Waals surface area contributed by atoms with Gasteiger partial charge in [0.15, 0.2) is 0 Å². The van der Waals surface area contributed by atoms with Gasteiger partial charge in [0.1, 0.15) is 5.75 Å². The average molecular weight is 342 g/mol. The van der Waals surface area contributed by atoms with Gasteiger partial charge in [-0.25, -0.2) is 0 Å². The molecule has 0 spiro atoms. The zero-order valence-corrected chi connectivity index (χ0v) is 11.2. The van der Waals surface area contributed by atoms with Crippen LogP contribution in [0.4, 0.5) is 0 Å². The third kappa shape index (κ3) is 2.97. The molecule has 1 aromatic rings. The molecule has 0 fully saturated rings. The predicted molar refractivity (Wildman–Crippen MR) is 63.0 cm³/mol. The SMILES string of the molecule is COc1c(Br)cc(CC(=O)Cl)cc1Br. The molecule has 0 aliphatic carbocycles. The number of halogens is 3. The molecule has 0 N–H and O–H groups in total. The molecule has 0 aromatic heterocycles. The minimum Gasteiger partial charge on any atom is -0.494 e. The summed E-state index contributed by atoms with van der Waals surface area (Å²) in [6, 6.07) is 3.62. The van der Waals surface area contributed by atoms with Crippen LogP contribution in [-0.4, -0.2) is 12.4 Å². The molecular weight excluding hydrogens is 335 g/mol. The number of carbonyl (C=O) groups is 1. The molecule has 76 valence electrons. The third-order valence-electron chi connectivity index (χ3n) is 1.61. The van der Waals surface area contributed by atoms with Crippen molar-refractivity contribution < 1.29 is 9.53 Å². The van der Waals surface area contributed by atoms with E-state index in [9.17, 15) is 4.79 Å². The lowest BCUT2D eigenvalue weighted by Gasteiger charge is -2.07. The quantitative estimate of drug-likeness (QED) is 0.786. The first-order valence-corrected chi connectivity index (χ1v) is 5.71. The Labute approximate surface area is 104 Å². The van der Waals surface area contributed by atoms with Crippen molar-refractivity contribution in [1.29, 1.82) is 0 Å². The smallest absolute Gasteiger partial charge is 0.226 e. The Kier molecular flexibility index (Phi) is 4.41. The molecule has 0 bridgehead atoms. The lowest BCUT2D eigenvalue weighted by atomic mass is 10.1. The van der Waals surface area contributed by atoms with Crippen LogP contribution in [0.5, 0.6) is 5.75 Å². The van der Waals surface area contributed by atoms with Gasteiger partial charge in [-0.2, -0.15) is 0 Å². The van der Waals surface area contributed by atoms with Gasteiger partial charge in [-0.05, 0) is 61.2 Å². The number of ether oxygens (including phenoxy) is 1.